The zero-order valence-electron chi connectivity index (χ0n) is 12.2. The minimum Gasteiger partial charge on any atom is -0.493 e. The van der Waals surface area contributed by atoms with Gasteiger partial charge in [-0.1, -0.05) is 19.1 Å². The van der Waals surface area contributed by atoms with Crippen LogP contribution in [0.5, 0.6) is 5.75 Å². The Morgan fingerprint density at radius 2 is 2.05 bits per heavy atom. The normalized spacial score (nSPS) is 17.8. The van der Waals surface area contributed by atoms with Gasteiger partial charge in [-0.2, -0.15) is 0 Å². The minimum absolute atomic E-state index is 0.148. The summed E-state index contributed by atoms with van der Waals surface area (Å²) in [6.45, 7) is 2.89. The molecule has 1 aromatic carbocycles. The molecule has 5 nitrogen and oxygen atoms in total. The van der Waals surface area contributed by atoms with E-state index in [4.69, 9.17) is 9.84 Å². The number of rotatable bonds is 6. The van der Waals surface area contributed by atoms with Crippen LogP contribution in [0.2, 0.25) is 0 Å². The number of ether oxygens (including phenoxy) is 1. The predicted octanol–water partition coefficient (Wildman–Crippen LogP) is 2.09. The van der Waals surface area contributed by atoms with Gasteiger partial charge in [0.2, 0.25) is 5.91 Å². The molecule has 0 saturated carbocycles. The summed E-state index contributed by atoms with van der Waals surface area (Å²) in [5, 5.41) is 9.06. The van der Waals surface area contributed by atoms with Crippen LogP contribution in [0.25, 0.3) is 0 Å². The number of aryl methyl sites for hydroxylation is 1. The average Bonchev–Trinajstić information content (AvgIpc) is 2.97. The van der Waals surface area contributed by atoms with E-state index >= 15 is 0 Å². The molecule has 1 aliphatic rings. The first-order valence-corrected chi connectivity index (χ1v) is 7.36. The lowest BCUT2D eigenvalue weighted by Gasteiger charge is -2.21. The van der Waals surface area contributed by atoms with E-state index in [9.17, 15) is 9.59 Å². The summed E-state index contributed by atoms with van der Waals surface area (Å²) in [6, 6.07) is 7.11. The van der Waals surface area contributed by atoms with Gasteiger partial charge in [-0.05, 0) is 37.0 Å². The van der Waals surface area contributed by atoms with Crippen LogP contribution in [0, 0.1) is 0 Å². The molecule has 2 rings (SSSR count). The molecule has 0 spiro atoms. The Hall–Kier alpha value is -2.04. The summed E-state index contributed by atoms with van der Waals surface area (Å²) in [6.07, 6.45) is 2.48. The molecule has 1 atom stereocenters. The Morgan fingerprint density at radius 1 is 1.33 bits per heavy atom. The van der Waals surface area contributed by atoms with Crippen molar-refractivity contribution in [3.8, 4) is 5.75 Å². The molecule has 1 amide bonds. The predicted molar refractivity (Wildman–Crippen MR) is 78.3 cm³/mol. The van der Waals surface area contributed by atoms with Crippen LogP contribution in [0.4, 0.5) is 0 Å². The molecule has 0 bridgehead atoms. The fourth-order valence-electron chi connectivity index (χ4n) is 2.54. The van der Waals surface area contributed by atoms with E-state index in [1.807, 2.05) is 24.3 Å². The highest BCUT2D eigenvalue weighted by atomic mass is 16.5. The molecular formula is C16H21NO4. The zero-order chi connectivity index (χ0) is 15.2. The van der Waals surface area contributed by atoms with Crippen LogP contribution < -0.4 is 4.74 Å². The summed E-state index contributed by atoms with van der Waals surface area (Å²) in [5.41, 5.74) is 1.24. The van der Waals surface area contributed by atoms with Crippen LogP contribution in [-0.4, -0.2) is 41.1 Å². The van der Waals surface area contributed by atoms with Gasteiger partial charge in [-0.15, -0.1) is 0 Å². The monoisotopic (exact) mass is 291 g/mol. The molecule has 1 unspecified atom stereocenters. The van der Waals surface area contributed by atoms with E-state index in [1.54, 1.807) is 0 Å². The maximum Gasteiger partial charge on any atom is 0.326 e. The molecule has 1 fully saturated rings. The molecule has 1 heterocycles. The van der Waals surface area contributed by atoms with Crippen LogP contribution in [0.3, 0.4) is 0 Å². The van der Waals surface area contributed by atoms with E-state index in [1.165, 1.54) is 10.5 Å². The van der Waals surface area contributed by atoms with Gasteiger partial charge in [0, 0.05) is 6.54 Å². The third-order valence-electron chi connectivity index (χ3n) is 3.77. The van der Waals surface area contributed by atoms with Crippen molar-refractivity contribution in [3.63, 3.8) is 0 Å². The van der Waals surface area contributed by atoms with Crippen molar-refractivity contribution in [2.75, 3.05) is 13.2 Å². The summed E-state index contributed by atoms with van der Waals surface area (Å²) in [4.78, 5) is 24.5. The van der Waals surface area contributed by atoms with Gasteiger partial charge in [-0.3, -0.25) is 4.79 Å². The fraction of sp³-hybridized carbons (Fsp3) is 0.500. The quantitative estimate of drug-likeness (QED) is 0.871. The molecule has 0 aromatic heterocycles. The molecule has 1 saturated heterocycles. The van der Waals surface area contributed by atoms with Crippen molar-refractivity contribution in [1.29, 1.82) is 0 Å². The number of amides is 1. The van der Waals surface area contributed by atoms with Gasteiger partial charge in [0.15, 0.2) is 0 Å². The molecule has 21 heavy (non-hydrogen) atoms. The average molecular weight is 291 g/mol. The lowest BCUT2D eigenvalue weighted by Crippen LogP contribution is -2.40. The second-order valence-electron chi connectivity index (χ2n) is 5.18. The van der Waals surface area contributed by atoms with E-state index in [2.05, 4.69) is 6.92 Å². The first-order chi connectivity index (χ1) is 10.1. The molecule has 1 N–H and O–H groups in total. The van der Waals surface area contributed by atoms with Gasteiger partial charge in [0.1, 0.15) is 11.8 Å². The first-order valence-electron chi connectivity index (χ1n) is 7.36. The van der Waals surface area contributed by atoms with Crippen LogP contribution in [-0.2, 0) is 16.0 Å². The van der Waals surface area contributed by atoms with Crippen molar-refractivity contribution in [1.82, 2.24) is 4.90 Å². The number of benzene rings is 1. The zero-order valence-corrected chi connectivity index (χ0v) is 12.2. The standard InChI is InChI=1S/C16H21NO4/c1-2-12-5-7-13(8-6-12)21-11-9-15(18)17-10-3-4-14(17)16(19)20/h5-8,14H,2-4,9-11H2,1H3,(H,19,20). The number of hydrogen-bond donors (Lipinski definition) is 1. The van der Waals surface area contributed by atoms with Crippen molar-refractivity contribution in [3.05, 3.63) is 29.8 Å². The Balaban J connectivity index is 1.79. The summed E-state index contributed by atoms with van der Waals surface area (Å²) in [7, 11) is 0. The minimum atomic E-state index is -0.920. The van der Waals surface area contributed by atoms with E-state index in [0.29, 0.717) is 13.0 Å². The number of likely N-dealkylation sites (tertiary alicyclic amines) is 1. The second-order valence-corrected chi connectivity index (χ2v) is 5.18. The number of carbonyl (C=O) groups is 2. The highest BCUT2D eigenvalue weighted by Crippen LogP contribution is 2.19. The molecule has 1 aromatic rings. The third-order valence-corrected chi connectivity index (χ3v) is 3.77. The van der Waals surface area contributed by atoms with Gasteiger partial charge in [0.25, 0.3) is 0 Å². The van der Waals surface area contributed by atoms with Gasteiger partial charge >= 0.3 is 5.97 Å². The maximum absolute atomic E-state index is 12.0. The van der Waals surface area contributed by atoms with Crippen molar-refractivity contribution in [2.24, 2.45) is 0 Å². The SMILES string of the molecule is CCc1ccc(OCCC(=O)N2CCCC2C(=O)O)cc1. The number of nitrogens with zero attached hydrogens (tertiary/aromatic N) is 1. The van der Waals surface area contributed by atoms with Crippen molar-refractivity contribution in [2.45, 2.75) is 38.6 Å². The van der Waals surface area contributed by atoms with E-state index in [0.717, 1.165) is 18.6 Å². The number of carbonyl (C=O) groups excluding carboxylic acids is 1. The summed E-state index contributed by atoms with van der Waals surface area (Å²) in [5.74, 6) is -0.335. The third kappa shape index (κ3) is 3.97. The Labute approximate surface area is 124 Å². The first kappa shape index (κ1) is 15.4. The molecule has 0 aliphatic carbocycles. The smallest absolute Gasteiger partial charge is 0.326 e. The van der Waals surface area contributed by atoms with Crippen LogP contribution >= 0.6 is 0 Å². The second kappa shape index (κ2) is 7.11. The highest BCUT2D eigenvalue weighted by Gasteiger charge is 2.33. The molecule has 5 heteroatoms. The molecule has 1 aliphatic heterocycles. The highest BCUT2D eigenvalue weighted by molar-refractivity contribution is 5.84. The topological polar surface area (TPSA) is 66.8 Å². The maximum atomic E-state index is 12.0. The van der Waals surface area contributed by atoms with Gasteiger partial charge in [0.05, 0.1) is 13.0 Å². The molecular weight excluding hydrogens is 270 g/mol. The number of hydrogen-bond acceptors (Lipinski definition) is 3. The number of carboxylic acid groups (broad SMARTS) is 1. The van der Waals surface area contributed by atoms with Crippen molar-refractivity contribution >= 4 is 11.9 Å². The van der Waals surface area contributed by atoms with Crippen LogP contribution in [0.1, 0.15) is 31.7 Å². The molecule has 0 radical (unpaired) electrons. The summed E-state index contributed by atoms with van der Waals surface area (Å²) < 4.78 is 5.54. The van der Waals surface area contributed by atoms with Crippen molar-refractivity contribution < 1.29 is 19.4 Å². The number of carboxylic acids is 1. The van der Waals surface area contributed by atoms with E-state index in [-0.39, 0.29) is 18.9 Å². The van der Waals surface area contributed by atoms with E-state index < -0.39 is 12.0 Å². The fourth-order valence-corrected chi connectivity index (χ4v) is 2.54. The van der Waals surface area contributed by atoms with Gasteiger partial charge < -0.3 is 14.7 Å². The molecule has 114 valence electrons. The lowest BCUT2D eigenvalue weighted by molar-refractivity contribution is -0.148. The Kier molecular flexibility index (Phi) is 5.20. The summed E-state index contributed by atoms with van der Waals surface area (Å²) >= 11 is 0. The Bertz CT molecular complexity index is 498. The lowest BCUT2D eigenvalue weighted by atomic mass is 10.2. The Morgan fingerprint density at radius 3 is 2.67 bits per heavy atom. The number of aliphatic carboxylic acids is 1. The van der Waals surface area contributed by atoms with Gasteiger partial charge in [-0.25, -0.2) is 4.79 Å². The van der Waals surface area contributed by atoms with Crippen LogP contribution in [0.15, 0.2) is 24.3 Å². The largest absolute Gasteiger partial charge is 0.493 e.